The standard InChI is InChI=1S/C19H23FN2OS.ClH/c1-2-12-21-13-14-22-19(23)18(15-6-4-3-5-7-15)24-17-10-8-16(20)9-11-17;/h3-11,18,21H,2,12-14H2,1H3,(H,22,23);1H. The van der Waals surface area contributed by atoms with Crippen LogP contribution in [0.25, 0.3) is 0 Å². The molecule has 2 aromatic rings. The van der Waals surface area contributed by atoms with Gasteiger partial charge in [0.1, 0.15) is 11.1 Å². The van der Waals surface area contributed by atoms with E-state index in [0.717, 1.165) is 30.0 Å². The SMILES string of the molecule is CCCNCCNC(=O)C(Sc1ccc(F)cc1)c1ccccc1.Cl. The average molecular weight is 383 g/mol. The van der Waals surface area contributed by atoms with Crippen LogP contribution in [0.4, 0.5) is 4.39 Å². The van der Waals surface area contributed by atoms with E-state index in [2.05, 4.69) is 17.6 Å². The summed E-state index contributed by atoms with van der Waals surface area (Å²) in [5, 5.41) is 5.88. The van der Waals surface area contributed by atoms with Crippen LogP contribution >= 0.6 is 24.2 Å². The second-order valence-electron chi connectivity index (χ2n) is 5.40. The Morgan fingerprint density at radius 2 is 1.72 bits per heavy atom. The molecule has 25 heavy (non-hydrogen) atoms. The van der Waals surface area contributed by atoms with E-state index in [1.54, 1.807) is 12.1 Å². The Morgan fingerprint density at radius 3 is 2.36 bits per heavy atom. The third-order valence-corrected chi connectivity index (χ3v) is 4.70. The highest BCUT2D eigenvalue weighted by atomic mass is 35.5. The summed E-state index contributed by atoms with van der Waals surface area (Å²) < 4.78 is 13.1. The zero-order chi connectivity index (χ0) is 17.2. The number of amides is 1. The molecular formula is C19H24ClFN2OS. The van der Waals surface area contributed by atoms with Crippen LogP contribution < -0.4 is 10.6 Å². The Balaban J connectivity index is 0.00000312. The molecule has 0 aliphatic carbocycles. The first-order valence-corrected chi connectivity index (χ1v) is 9.04. The van der Waals surface area contributed by atoms with Crippen molar-refractivity contribution in [3.05, 3.63) is 66.0 Å². The molecule has 0 bridgehead atoms. The van der Waals surface area contributed by atoms with Crippen LogP contribution in [0.3, 0.4) is 0 Å². The maximum absolute atomic E-state index is 13.1. The molecule has 0 saturated heterocycles. The zero-order valence-electron chi connectivity index (χ0n) is 14.2. The van der Waals surface area contributed by atoms with E-state index >= 15 is 0 Å². The van der Waals surface area contributed by atoms with E-state index < -0.39 is 0 Å². The number of benzene rings is 2. The number of carbonyl (C=O) groups is 1. The minimum absolute atomic E-state index is 0. The van der Waals surface area contributed by atoms with Crippen molar-refractivity contribution in [2.45, 2.75) is 23.5 Å². The summed E-state index contributed by atoms with van der Waals surface area (Å²) in [4.78, 5) is 13.5. The second-order valence-corrected chi connectivity index (χ2v) is 6.58. The second kappa shape index (κ2) is 11.9. The topological polar surface area (TPSA) is 41.1 Å². The van der Waals surface area contributed by atoms with Gasteiger partial charge < -0.3 is 10.6 Å². The molecule has 0 aromatic heterocycles. The van der Waals surface area contributed by atoms with Crippen LogP contribution in [0.5, 0.6) is 0 Å². The first kappa shape index (κ1) is 21.5. The Bertz CT molecular complexity index is 625. The highest BCUT2D eigenvalue weighted by molar-refractivity contribution is 8.00. The Hall–Kier alpha value is -1.56. The minimum Gasteiger partial charge on any atom is -0.354 e. The van der Waals surface area contributed by atoms with Crippen LogP contribution in [-0.2, 0) is 4.79 Å². The van der Waals surface area contributed by atoms with Gasteiger partial charge in [0.2, 0.25) is 5.91 Å². The molecule has 0 heterocycles. The third kappa shape index (κ3) is 7.46. The molecule has 1 unspecified atom stereocenters. The van der Waals surface area contributed by atoms with Crippen molar-refractivity contribution in [1.82, 2.24) is 10.6 Å². The van der Waals surface area contributed by atoms with Crippen LogP contribution in [-0.4, -0.2) is 25.5 Å². The van der Waals surface area contributed by atoms with Gasteiger partial charge in [0.05, 0.1) is 0 Å². The molecule has 0 fully saturated rings. The molecule has 0 spiro atoms. The first-order valence-electron chi connectivity index (χ1n) is 8.16. The van der Waals surface area contributed by atoms with Gasteiger partial charge in [-0.15, -0.1) is 24.2 Å². The van der Waals surface area contributed by atoms with Crippen molar-refractivity contribution < 1.29 is 9.18 Å². The summed E-state index contributed by atoms with van der Waals surface area (Å²) in [5.74, 6) is -0.309. The van der Waals surface area contributed by atoms with Crippen LogP contribution in [0, 0.1) is 5.82 Å². The van der Waals surface area contributed by atoms with Gasteiger partial charge in [-0.2, -0.15) is 0 Å². The van der Waals surface area contributed by atoms with Crippen molar-refractivity contribution in [2.24, 2.45) is 0 Å². The summed E-state index contributed by atoms with van der Waals surface area (Å²) in [6.07, 6.45) is 1.07. The summed E-state index contributed by atoms with van der Waals surface area (Å²) in [5.41, 5.74) is 0.936. The monoisotopic (exact) mass is 382 g/mol. The predicted octanol–water partition coefficient (Wildman–Crippen LogP) is 4.20. The molecule has 0 saturated carbocycles. The summed E-state index contributed by atoms with van der Waals surface area (Å²) in [6.45, 7) is 4.40. The molecule has 3 nitrogen and oxygen atoms in total. The van der Waals surface area contributed by atoms with E-state index in [1.165, 1.54) is 23.9 Å². The maximum atomic E-state index is 13.1. The molecule has 1 amide bonds. The zero-order valence-corrected chi connectivity index (χ0v) is 15.8. The molecule has 136 valence electrons. The fraction of sp³-hybridized carbons (Fsp3) is 0.316. The predicted molar refractivity (Wildman–Crippen MR) is 105 cm³/mol. The smallest absolute Gasteiger partial charge is 0.238 e. The lowest BCUT2D eigenvalue weighted by molar-refractivity contribution is -0.120. The minimum atomic E-state index is -0.358. The van der Waals surface area contributed by atoms with Crippen molar-refractivity contribution in [3.63, 3.8) is 0 Å². The Labute approximate surface area is 159 Å². The lowest BCUT2D eigenvalue weighted by Gasteiger charge is -2.17. The summed E-state index contributed by atoms with van der Waals surface area (Å²) in [6, 6.07) is 15.9. The lowest BCUT2D eigenvalue weighted by Crippen LogP contribution is -2.34. The lowest BCUT2D eigenvalue weighted by atomic mass is 10.1. The largest absolute Gasteiger partial charge is 0.354 e. The van der Waals surface area contributed by atoms with Gasteiger partial charge in [0.15, 0.2) is 0 Å². The van der Waals surface area contributed by atoms with Crippen molar-refractivity contribution in [3.8, 4) is 0 Å². The van der Waals surface area contributed by atoms with Gasteiger partial charge in [0.25, 0.3) is 0 Å². The van der Waals surface area contributed by atoms with Gasteiger partial charge in [-0.1, -0.05) is 37.3 Å². The fourth-order valence-corrected chi connectivity index (χ4v) is 3.27. The van der Waals surface area contributed by atoms with Crippen LogP contribution in [0.2, 0.25) is 0 Å². The number of carbonyl (C=O) groups excluding carboxylic acids is 1. The molecule has 0 aliphatic rings. The van der Waals surface area contributed by atoms with Gasteiger partial charge in [-0.05, 0) is 42.8 Å². The third-order valence-electron chi connectivity index (χ3n) is 3.44. The van der Waals surface area contributed by atoms with Gasteiger partial charge >= 0.3 is 0 Å². The van der Waals surface area contributed by atoms with Gasteiger partial charge in [-0.25, -0.2) is 4.39 Å². The average Bonchev–Trinajstić information content (AvgIpc) is 2.61. The van der Waals surface area contributed by atoms with Crippen molar-refractivity contribution in [2.75, 3.05) is 19.6 Å². The number of rotatable bonds is 9. The Morgan fingerprint density at radius 1 is 1.04 bits per heavy atom. The van der Waals surface area contributed by atoms with Gasteiger partial charge in [0, 0.05) is 18.0 Å². The molecule has 2 rings (SSSR count). The first-order chi connectivity index (χ1) is 11.7. The number of halogens is 2. The number of nitrogens with one attached hydrogen (secondary N) is 2. The highest BCUT2D eigenvalue weighted by Crippen LogP contribution is 2.35. The van der Waals surface area contributed by atoms with Crippen LogP contribution in [0.1, 0.15) is 24.2 Å². The molecule has 6 heteroatoms. The molecular weight excluding hydrogens is 359 g/mol. The van der Waals surface area contributed by atoms with E-state index in [1.807, 2.05) is 30.3 Å². The summed E-state index contributed by atoms with van der Waals surface area (Å²) >= 11 is 1.43. The van der Waals surface area contributed by atoms with Gasteiger partial charge in [-0.3, -0.25) is 4.79 Å². The van der Waals surface area contributed by atoms with Crippen LogP contribution in [0.15, 0.2) is 59.5 Å². The number of hydrogen-bond donors (Lipinski definition) is 2. The molecule has 0 radical (unpaired) electrons. The normalized spacial score (nSPS) is 11.4. The number of hydrogen-bond acceptors (Lipinski definition) is 3. The quantitative estimate of drug-likeness (QED) is 0.504. The summed E-state index contributed by atoms with van der Waals surface area (Å²) in [7, 11) is 0. The molecule has 1 atom stereocenters. The van der Waals surface area contributed by atoms with E-state index in [-0.39, 0.29) is 29.4 Å². The highest BCUT2D eigenvalue weighted by Gasteiger charge is 2.21. The Kier molecular flexibility index (Phi) is 10.2. The fourth-order valence-electron chi connectivity index (χ4n) is 2.22. The van der Waals surface area contributed by atoms with E-state index in [4.69, 9.17) is 0 Å². The number of thioether (sulfide) groups is 1. The molecule has 0 aliphatic heterocycles. The van der Waals surface area contributed by atoms with E-state index in [9.17, 15) is 9.18 Å². The molecule has 2 N–H and O–H groups in total. The van der Waals surface area contributed by atoms with Crippen molar-refractivity contribution in [1.29, 1.82) is 0 Å². The maximum Gasteiger partial charge on any atom is 0.238 e. The van der Waals surface area contributed by atoms with E-state index in [0.29, 0.717) is 6.54 Å². The molecule has 2 aromatic carbocycles. The van der Waals surface area contributed by atoms with Crippen molar-refractivity contribution >= 4 is 30.1 Å².